The van der Waals surface area contributed by atoms with Crippen molar-refractivity contribution in [2.45, 2.75) is 69.0 Å². The predicted molar refractivity (Wildman–Crippen MR) is 111 cm³/mol. The highest BCUT2D eigenvalue weighted by atomic mass is 16.5. The summed E-state index contributed by atoms with van der Waals surface area (Å²) in [5.74, 6) is 1.03. The van der Waals surface area contributed by atoms with E-state index in [1.54, 1.807) is 7.11 Å². The maximum absolute atomic E-state index is 12.4. The number of methoxy groups -OCH3 is 3. The number of ether oxygens (including phenoxy) is 3. The molecule has 1 heterocycles. The standard InChI is InChI=1S/C24H39NO5/c1-5-25-11-22(12-28-2)7-6-18(30-4)24-14-8-13-16(29-3)10-23(27,19(14)20(13)26)15(21(24)25)9-17(22)24/h13-21,26-27H,5-12H2,1-4H3/t13-,14+,15+,16-,17+,18-,19+,20-,21?,22-,23-,24+/m0/s1. The molecule has 5 aliphatic carbocycles. The summed E-state index contributed by atoms with van der Waals surface area (Å²) < 4.78 is 18.0. The van der Waals surface area contributed by atoms with Crippen LogP contribution < -0.4 is 0 Å². The molecule has 0 amide bonds. The number of likely N-dealkylation sites (tertiary alicyclic amines) is 1. The Morgan fingerprint density at radius 1 is 1.10 bits per heavy atom. The molecule has 0 radical (unpaired) electrons. The van der Waals surface area contributed by atoms with E-state index in [4.69, 9.17) is 14.2 Å². The van der Waals surface area contributed by atoms with E-state index in [0.717, 1.165) is 45.4 Å². The Morgan fingerprint density at radius 2 is 1.90 bits per heavy atom. The molecule has 1 aliphatic heterocycles. The minimum absolute atomic E-state index is 0.000283. The number of aliphatic hydroxyl groups excluding tert-OH is 1. The minimum atomic E-state index is -0.847. The van der Waals surface area contributed by atoms with Crippen LogP contribution in [0, 0.1) is 40.4 Å². The smallest absolute Gasteiger partial charge is 0.0771 e. The van der Waals surface area contributed by atoms with Crippen LogP contribution in [-0.2, 0) is 14.2 Å². The molecule has 6 nitrogen and oxygen atoms in total. The number of fused-ring (bicyclic) bond motifs is 2. The van der Waals surface area contributed by atoms with Crippen LogP contribution in [0.1, 0.15) is 39.0 Å². The molecule has 2 N–H and O–H groups in total. The lowest BCUT2D eigenvalue weighted by Crippen LogP contribution is -2.76. The molecule has 0 aromatic heterocycles. The van der Waals surface area contributed by atoms with Crippen LogP contribution in [0.15, 0.2) is 0 Å². The third kappa shape index (κ3) is 2.00. The first-order valence-electron chi connectivity index (χ1n) is 12.1. The third-order valence-corrected chi connectivity index (χ3v) is 11.2. The lowest BCUT2D eigenvalue weighted by molar-refractivity contribution is -0.276. The fraction of sp³-hybridized carbons (Fsp3) is 1.00. The van der Waals surface area contributed by atoms with Gasteiger partial charge in [-0.05, 0) is 44.1 Å². The van der Waals surface area contributed by atoms with Gasteiger partial charge in [-0.1, -0.05) is 6.92 Å². The van der Waals surface area contributed by atoms with E-state index in [2.05, 4.69) is 11.8 Å². The Bertz CT molecular complexity index is 720. The van der Waals surface area contributed by atoms with Crippen molar-refractivity contribution in [3.8, 4) is 0 Å². The summed E-state index contributed by atoms with van der Waals surface area (Å²) in [4.78, 5) is 2.67. The molecule has 170 valence electrons. The summed E-state index contributed by atoms with van der Waals surface area (Å²) in [6.45, 7) is 5.11. The molecule has 30 heavy (non-hydrogen) atoms. The number of hydrogen-bond donors (Lipinski definition) is 2. The first-order valence-corrected chi connectivity index (χ1v) is 12.1. The summed E-state index contributed by atoms with van der Waals surface area (Å²) in [5.41, 5.74) is -0.719. The van der Waals surface area contributed by atoms with E-state index < -0.39 is 11.7 Å². The zero-order valence-electron chi connectivity index (χ0n) is 18.9. The second kappa shape index (κ2) is 6.42. The van der Waals surface area contributed by atoms with Crippen LogP contribution in [0.4, 0.5) is 0 Å². The molecule has 7 bridgehead atoms. The molecule has 1 unspecified atom stereocenters. The molecule has 1 spiro atoms. The van der Waals surface area contributed by atoms with Crippen molar-refractivity contribution in [2.75, 3.05) is 41.0 Å². The summed E-state index contributed by atoms with van der Waals surface area (Å²) in [5, 5.41) is 23.8. The zero-order valence-corrected chi connectivity index (χ0v) is 18.9. The summed E-state index contributed by atoms with van der Waals surface area (Å²) >= 11 is 0. The van der Waals surface area contributed by atoms with E-state index in [0.29, 0.717) is 18.4 Å². The minimum Gasteiger partial charge on any atom is -0.392 e. The number of piperidine rings is 1. The van der Waals surface area contributed by atoms with Gasteiger partial charge >= 0.3 is 0 Å². The molecule has 1 saturated heterocycles. The van der Waals surface area contributed by atoms with Gasteiger partial charge in [-0.15, -0.1) is 0 Å². The Balaban J connectivity index is 1.58. The van der Waals surface area contributed by atoms with Gasteiger partial charge in [-0.2, -0.15) is 0 Å². The van der Waals surface area contributed by atoms with Crippen molar-refractivity contribution in [1.82, 2.24) is 4.90 Å². The van der Waals surface area contributed by atoms with E-state index in [1.165, 1.54) is 0 Å². The normalized spacial score (nSPS) is 60.8. The number of hydrogen-bond acceptors (Lipinski definition) is 6. The van der Waals surface area contributed by atoms with Gasteiger partial charge in [-0.3, -0.25) is 4.90 Å². The van der Waals surface area contributed by atoms with Gasteiger partial charge in [0, 0.05) is 68.9 Å². The molecule has 5 saturated carbocycles. The molecule has 0 aromatic rings. The van der Waals surface area contributed by atoms with Gasteiger partial charge in [0.25, 0.3) is 0 Å². The van der Waals surface area contributed by atoms with Crippen molar-refractivity contribution in [2.24, 2.45) is 40.4 Å². The van der Waals surface area contributed by atoms with E-state index in [1.807, 2.05) is 14.2 Å². The number of rotatable bonds is 5. The van der Waals surface area contributed by atoms with Gasteiger partial charge < -0.3 is 24.4 Å². The van der Waals surface area contributed by atoms with Gasteiger partial charge in [0.15, 0.2) is 0 Å². The molecule has 6 fully saturated rings. The van der Waals surface area contributed by atoms with Crippen molar-refractivity contribution >= 4 is 0 Å². The Kier molecular flexibility index (Phi) is 4.36. The fourth-order valence-electron chi connectivity index (χ4n) is 10.7. The Labute approximate surface area is 180 Å². The topological polar surface area (TPSA) is 71.4 Å². The van der Waals surface area contributed by atoms with E-state index in [9.17, 15) is 10.2 Å². The zero-order chi connectivity index (χ0) is 21.1. The first kappa shape index (κ1) is 20.4. The molecule has 6 aliphatic rings. The molecule has 6 heteroatoms. The average molecular weight is 422 g/mol. The quantitative estimate of drug-likeness (QED) is 0.702. The van der Waals surface area contributed by atoms with Crippen molar-refractivity contribution in [3.05, 3.63) is 0 Å². The van der Waals surface area contributed by atoms with Crippen molar-refractivity contribution in [3.63, 3.8) is 0 Å². The summed E-state index contributed by atoms with van der Waals surface area (Å²) in [6, 6.07) is 0.329. The monoisotopic (exact) mass is 421 g/mol. The van der Waals surface area contributed by atoms with Crippen molar-refractivity contribution in [1.29, 1.82) is 0 Å². The fourth-order valence-corrected chi connectivity index (χ4v) is 10.7. The van der Waals surface area contributed by atoms with Crippen LogP contribution in [0.2, 0.25) is 0 Å². The van der Waals surface area contributed by atoms with Crippen LogP contribution in [-0.4, -0.2) is 86.1 Å². The highest BCUT2D eigenvalue weighted by molar-refractivity contribution is 5.33. The Morgan fingerprint density at radius 3 is 2.57 bits per heavy atom. The van der Waals surface area contributed by atoms with Crippen LogP contribution in [0.3, 0.4) is 0 Å². The van der Waals surface area contributed by atoms with E-state index >= 15 is 0 Å². The average Bonchev–Trinajstić information content (AvgIpc) is 3.15. The SMILES string of the molecule is CCN1C[C@]2(COC)CC[C@H](OC)[C@]34C1[C@@H](C[C@H]23)[C@@]1(O)C[C@H](OC)[C@@H]2C[C@@H]4[C@@H]1[C@H]2O. The second-order valence-electron chi connectivity index (χ2n) is 11.5. The first-order chi connectivity index (χ1) is 14.4. The molecular weight excluding hydrogens is 382 g/mol. The number of nitrogens with zero attached hydrogens (tertiary/aromatic N) is 1. The van der Waals surface area contributed by atoms with Crippen molar-refractivity contribution < 1.29 is 24.4 Å². The van der Waals surface area contributed by atoms with E-state index in [-0.39, 0.29) is 46.7 Å². The van der Waals surface area contributed by atoms with Crippen LogP contribution in [0.25, 0.3) is 0 Å². The van der Waals surface area contributed by atoms with Gasteiger partial charge in [0.05, 0.1) is 30.5 Å². The highest BCUT2D eigenvalue weighted by Gasteiger charge is 2.83. The molecule has 6 rings (SSSR count). The third-order valence-electron chi connectivity index (χ3n) is 11.2. The summed E-state index contributed by atoms with van der Waals surface area (Å²) in [6.07, 6.45) is 4.52. The molecular formula is C24H39NO5. The maximum Gasteiger partial charge on any atom is 0.0771 e. The largest absolute Gasteiger partial charge is 0.392 e. The van der Waals surface area contributed by atoms with Crippen LogP contribution >= 0.6 is 0 Å². The number of aliphatic hydroxyl groups is 2. The lowest BCUT2D eigenvalue weighted by atomic mass is 9.43. The highest BCUT2D eigenvalue weighted by Crippen LogP contribution is 2.79. The van der Waals surface area contributed by atoms with Crippen LogP contribution in [0.5, 0.6) is 0 Å². The maximum atomic E-state index is 12.4. The van der Waals surface area contributed by atoms with Gasteiger partial charge in [0.2, 0.25) is 0 Å². The lowest BCUT2D eigenvalue weighted by Gasteiger charge is -2.69. The van der Waals surface area contributed by atoms with Gasteiger partial charge in [0.1, 0.15) is 0 Å². The van der Waals surface area contributed by atoms with Gasteiger partial charge in [-0.25, -0.2) is 0 Å². The molecule has 12 atom stereocenters. The predicted octanol–water partition coefficient (Wildman–Crippen LogP) is 1.53. The summed E-state index contributed by atoms with van der Waals surface area (Å²) in [7, 11) is 5.48. The second-order valence-corrected chi connectivity index (χ2v) is 11.5. The Hall–Kier alpha value is -0.240. The molecule has 0 aromatic carbocycles.